The summed E-state index contributed by atoms with van der Waals surface area (Å²) in [5.41, 5.74) is 5.98. The highest BCUT2D eigenvalue weighted by Crippen LogP contribution is 2.33. The number of nitrogens with two attached hydrogens (primary N) is 1. The molecule has 0 unspecified atom stereocenters. The van der Waals surface area contributed by atoms with Gasteiger partial charge in [0.25, 0.3) is 0 Å². The molecule has 1 aliphatic rings. The topological polar surface area (TPSA) is 76.3 Å². The molecule has 1 saturated carbocycles. The smallest absolute Gasteiger partial charge is 0.246 e. The van der Waals surface area contributed by atoms with Crippen molar-refractivity contribution in [2.75, 3.05) is 12.3 Å². The van der Waals surface area contributed by atoms with Crippen molar-refractivity contribution in [2.24, 2.45) is 0 Å². The van der Waals surface area contributed by atoms with Crippen LogP contribution < -0.4 is 5.73 Å². The minimum Gasteiger partial charge on any atom is -0.398 e. The summed E-state index contributed by atoms with van der Waals surface area (Å²) in [6, 6.07) is 1.67. The van der Waals surface area contributed by atoms with Gasteiger partial charge in [0.1, 0.15) is 4.90 Å². The van der Waals surface area contributed by atoms with Crippen LogP contribution in [0.3, 0.4) is 0 Å². The van der Waals surface area contributed by atoms with Crippen molar-refractivity contribution in [3.8, 4) is 0 Å². The van der Waals surface area contributed by atoms with Gasteiger partial charge in [-0.25, -0.2) is 8.42 Å². The number of nitrogen functional groups attached to an aromatic ring is 1. The van der Waals surface area contributed by atoms with Crippen LogP contribution in [-0.2, 0) is 10.0 Å². The molecule has 0 aliphatic heterocycles. The summed E-state index contributed by atoms with van der Waals surface area (Å²) in [4.78, 5) is 3.97. The number of hydrogen-bond donors (Lipinski definition) is 1. The molecule has 1 aromatic heterocycles. The molecule has 2 N–H and O–H groups in total. The zero-order valence-electron chi connectivity index (χ0n) is 9.83. The fraction of sp³-hybridized carbons (Fsp3) is 0.545. The molecule has 0 spiro atoms. The minimum absolute atomic E-state index is 0.125. The van der Waals surface area contributed by atoms with Crippen LogP contribution in [0.1, 0.15) is 26.2 Å². The quantitative estimate of drug-likeness (QED) is 0.858. The van der Waals surface area contributed by atoms with E-state index in [2.05, 4.69) is 4.98 Å². The molecule has 1 fully saturated rings. The molecule has 0 aromatic carbocycles. The van der Waals surface area contributed by atoms with Crippen molar-refractivity contribution in [1.29, 1.82) is 0 Å². The van der Waals surface area contributed by atoms with E-state index in [4.69, 9.17) is 5.73 Å². The number of hydrogen-bond acceptors (Lipinski definition) is 4. The van der Waals surface area contributed by atoms with Crippen LogP contribution in [0.5, 0.6) is 0 Å². The van der Waals surface area contributed by atoms with Gasteiger partial charge < -0.3 is 5.73 Å². The molecule has 0 amide bonds. The predicted octanol–water partition coefficient (Wildman–Crippen LogP) is 1.23. The van der Waals surface area contributed by atoms with Crippen molar-refractivity contribution in [1.82, 2.24) is 9.29 Å². The largest absolute Gasteiger partial charge is 0.398 e. The monoisotopic (exact) mass is 255 g/mol. The minimum atomic E-state index is -3.48. The molecule has 2 rings (SSSR count). The number of aromatic nitrogens is 1. The zero-order chi connectivity index (χ0) is 12.5. The normalized spacial score (nSPS) is 16.4. The number of rotatable bonds is 5. The van der Waals surface area contributed by atoms with Crippen LogP contribution in [0.15, 0.2) is 23.4 Å². The highest BCUT2D eigenvalue weighted by Gasteiger charge is 2.38. The van der Waals surface area contributed by atoms with Crippen molar-refractivity contribution in [3.63, 3.8) is 0 Å². The molecule has 6 heteroatoms. The summed E-state index contributed by atoms with van der Waals surface area (Å²) in [5, 5.41) is 0. The summed E-state index contributed by atoms with van der Waals surface area (Å²) in [7, 11) is -3.48. The summed E-state index contributed by atoms with van der Waals surface area (Å²) >= 11 is 0. The second-order valence-corrected chi connectivity index (χ2v) is 6.12. The first-order valence-corrected chi connectivity index (χ1v) is 7.22. The van der Waals surface area contributed by atoms with Gasteiger partial charge in [-0.05, 0) is 25.3 Å². The molecular weight excluding hydrogens is 238 g/mol. The van der Waals surface area contributed by atoms with Gasteiger partial charge in [0.15, 0.2) is 0 Å². The Balaban J connectivity index is 2.37. The third kappa shape index (κ3) is 2.42. The lowest BCUT2D eigenvalue weighted by molar-refractivity contribution is 0.403. The standard InChI is InChI=1S/C11H17N3O2S/c1-2-7-14(9-3-4-9)17(15,16)11-8-13-6-5-10(11)12/h5-6,8-9H,2-4,7H2,1H3,(H2,12,13). The fourth-order valence-corrected chi connectivity index (χ4v) is 3.65. The van der Waals surface area contributed by atoms with E-state index in [0.29, 0.717) is 6.54 Å². The third-order valence-corrected chi connectivity index (χ3v) is 4.80. The number of anilines is 1. The summed E-state index contributed by atoms with van der Waals surface area (Å²) in [6.45, 7) is 2.51. The maximum Gasteiger partial charge on any atom is 0.246 e. The maximum absolute atomic E-state index is 12.4. The summed E-state index contributed by atoms with van der Waals surface area (Å²) in [5.74, 6) is 0. The molecule has 5 nitrogen and oxygen atoms in total. The van der Waals surface area contributed by atoms with E-state index in [1.165, 1.54) is 18.5 Å². The Morgan fingerprint density at radius 3 is 2.76 bits per heavy atom. The van der Waals surface area contributed by atoms with Crippen LogP contribution in [0.4, 0.5) is 5.69 Å². The van der Waals surface area contributed by atoms with Gasteiger partial charge in [0.05, 0.1) is 5.69 Å². The lowest BCUT2D eigenvalue weighted by atomic mass is 10.4. The summed E-state index contributed by atoms with van der Waals surface area (Å²) < 4.78 is 26.4. The number of sulfonamides is 1. The van der Waals surface area contributed by atoms with Crippen LogP contribution in [0, 0.1) is 0 Å². The molecule has 1 aromatic rings. The number of nitrogens with zero attached hydrogens (tertiary/aromatic N) is 2. The van der Waals surface area contributed by atoms with E-state index < -0.39 is 10.0 Å². The average Bonchev–Trinajstić information content (AvgIpc) is 3.10. The van der Waals surface area contributed by atoms with E-state index in [-0.39, 0.29) is 16.6 Å². The van der Waals surface area contributed by atoms with E-state index >= 15 is 0 Å². The van der Waals surface area contributed by atoms with Crippen molar-refractivity contribution >= 4 is 15.7 Å². The Morgan fingerprint density at radius 1 is 1.53 bits per heavy atom. The van der Waals surface area contributed by atoms with Crippen LogP contribution >= 0.6 is 0 Å². The van der Waals surface area contributed by atoms with Gasteiger partial charge >= 0.3 is 0 Å². The first-order valence-electron chi connectivity index (χ1n) is 5.78. The first kappa shape index (κ1) is 12.3. The second-order valence-electron chi connectivity index (χ2n) is 4.26. The van der Waals surface area contributed by atoms with Crippen molar-refractivity contribution < 1.29 is 8.42 Å². The fourth-order valence-electron chi connectivity index (χ4n) is 1.81. The van der Waals surface area contributed by atoms with E-state index in [1.54, 1.807) is 4.31 Å². The Hall–Kier alpha value is -1.14. The molecule has 1 aliphatic carbocycles. The SMILES string of the molecule is CCCN(C1CC1)S(=O)(=O)c1cnccc1N. The zero-order valence-corrected chi connectivity index (χ0v) is 10.7. The van der Waals surface area contributed by atoms with E-state index in [9.17, 15) is 8.42 Å². The van der Waals surface area contributed by atoms with Gasteiger partial charge in [0.2, 0.25) is 10.0 Å². The molecule has 0 bridgehead atoms. The lowest BCUT2D eigenvalue weighted by Crippen LogP contribution is -2.34. The van der Waals surface area contributed by atoms with Crippen LogP contribution in [-0.4, -0.2) is 30.3 Å². The molecule has 0 atom stereocenters. The van der Waals surface area contributed by atoms with E-state index in [0.717, 1.165) is 19.3 Å². The van der Waals surface area contributed by atoms with Gasteiger partial charge in [-0.2, -0.15) is 4.31 Å². The van der Waals surface area contributed by atoms with Gasteiger partial charge in [-0.1, -0.05) is 6.92 Å². The molecule has 0 saturated heterocycles. The predicted molar refractivity (Wildman–Crippen MR) is 65.9 cm³/mol. The van der Waals surface area contributed by atoms with E-state index in [1.807, 2.05) is 6.92 Å². The van der Waals surface area contributed by atoms with Gasteiger partial charge in [0, 0.05) is 25.0 Å². The summed E-state index contributed by atoms with van der Waals surface area (Å²) in [6.07, 6.45) is 5.51. The molecule has 94 valence electrons. The molecule has 1 heterocycles. The Morgan fingerprint density at radius 2 is 2.24 bits per heavy atom. The highest BCUT2D eigenvalue weighted by molar-refractivity contribution is 7.89. The first-order chi connectivity index (χ1) is 8.07. The van der Waals surface area contributed by atoms with Gasteiger partial charge in [-0.15, -0.1) is 0 Å². The number of pyridine rings is 1. The third-order valence-electron chi connectivity index (χ3n) is 2.80. The highest BCUT2D eigenvalue weighted by atomic mass is 32.2. The molecule has 0 radical (unpaired) electrons. The maximum atomic E-state index is 12.4. The van der Waals surface area contributed by atoms with Gasteiger partial charge in [-0.3, -0.25) is 4.98 Å². The second kappa shape index (κ2) is 4.62. The van der Waals surface area contributed by atoms with Crippen molar-refractivity contribution in [2.45, 2.75) is 37.1 Å². The Bertz CT molecular complexity index is 497. The van der Waals surface area contributed by atoms with Crippen LogP contribution in [0.2, 0.25) is 0 Å². The molecular formula is C11H17N3O2S. The van der Waals surface area contributed by atoms with Crippen molar-refractivity contribution in [3.05, 3.63) is 18.5 Å². The molecule has 17 heavy (non-hydrogen) atoms. The average molecular weight is 255 g/mol. The lowest BCUT2D eigenvalue weighted by Gasteiger charge is -2.21. The Labute approximate surface area is 102 Å². The van der Waals surface area contributed by atoms with Crippen LogP contribution in [0.25, 0.3) is 0 Å². The Kier molecular flexibility index (Phi) is 3.35.